The first kappa shape index (κ1) is 14.8. The monoisotopic (exact) mass is 283 g/mol. The van der Waals surface area contributed by atoms with Crippen molar-refractivity contribution in [3.8, 4) is 0 Å². The molecule has 2 rings (SSSR count). The second kappa shape index (κ2) is 7.88. The van der Waals surface area contributed by atoms with E-state index in [1.165, 1.54) is 0 Å². The standard InChI is InChI=1S/C15H22FNOS/c16-13-7-5-6-12-14(8-11-19-15(12)13)17-9-3-1-2-4-10-18/h5-7,14,17-18H,1-4,8-11H2. The summed E-state index contributed by atoms with van der Waals surface area (Å²) in [4.78, 5) is 0.825. The summed E-state index contributed by atoms with van der Waals surface area (Å²) in [5.41, 5.74) is 1.12. The lowest BCUT2D eigenvalue weighted by molar-refractivity contribution is 0.282. The summed E-state index contributed by atoms with van der Waals surface area (Å²) in [6.45, 7) is 1.26. The Bertz CT molecular complexity index is 400. The van der Waals surface area contributed by atoms with Crippen molar-refractivity contribution in [2.45, 2.75) is 43.0 Å². The number of unbranched alkanes of at least 4 members (excludes halogenated alkanes) is 3. The minimum Gasteiger partial charge on any atom is -0.396 e. The molecule has 0 spiro atoms. The molecule has 0 saturated carbocycles. The molecule has 0 bridgehead atoms. The first-order valence-corrected chi connectivity index (χ1v) is 8.07. The van der Waals surface area contributed by atoms with Crippen LogP contribution in [-0.4, -0.2) is 24.0 Å². The van der Waals surface area contributed by atoms with Gasteiger partial charge in [0.15, 0.2) is 0 Å². The Morgan fingerprint density at radius 3 is 2.95 bits per heavy atom. The maximum absolute atomic E-state index is 13.7. The van der Waals surface area contributed by atoms with Gasteiger partial charge in [-0.25, -0.2) is 4.39 Å². The average molecular weight is 283 g/mol. The minimum absolute atomic E-state index is 0.0862. The molecule has 19 heavy (non-hydrogen) atoms. The maximum Gasteiger partial charge on any atom is 0.137 e. The highest BCUT2D eigenvalue weighted by Crippen LogP contribution is 2.37. The highest BCUT2D eigenvalue weighted by molar-refractivity contribution is 7.99. The summed E-state index contributed by atoms with van der Waals surface area (Å²) in [6, 6.07) is 5.68. The summed E-state index contributed by atoms with van der Waals surface area (Å²) in [5, 5.41) is 12.2. The van der Waals surface area contributed by atoms with Crippen LogP contribution in [0, 0.1) is 5.82 Å². The smallest absolute Gasteiger partial charge is 0.137 e. The van der Waals surface area contributed by atoms with E-state index in [2.05, 4.69) is 5.32 Å². The normalized spacial score (nSPS) is 18.3. The minimum atomic E-state index is -0.0862. The molecule has 2 N–H and O–H groups in total. The molecule has 0 aromatic heterocycles. The van der Waals surface area contributed by atoms with Crippen molar-refractivity contribution < 1.29 is 9.50 Å². The molecular formula is C15H22FNOS. The van der Waals surface area contributed by atoms with Gasteiger partial charge in [-0.3, -0.25) is 0 Å². The summed E-state index contributed by atoms with van der Waals surface area (Å²) in [7, 11) is 0. The van der Waals surface area contributed by atoms with E-state index in [0.717, 1.165) is 54.9 Å². The molecule has 1 heterocycles. The number of fused-ring (bicyclic) bond motifs is 1. The van der Waals surface area contributed by atoms with Crippen molar-refractivity contribution >= 4 is 11.8 Å². The Morgan fingerprint density at radius 1 is 1.26 bits per heavy atom. The Balaban J connectivity index is 1.81. The van der Waals surface area contributed by atoms with Crippen LogP contribution in [0.4, 0.5) is 4.39 Å². The highest BCUT2D eigenvalue weighted by Gasteiger charge is 2.22. The van der Waals surface area contributed by atoms with Gasteiger partial charge in [0.25, 0.3) is 0 Å². The molecule has 0 saturated heterocycles. The van der Waals surface area contributed by atoms with E-state index in [1.807, 2.05) is 6.07 Å². The zero-order chi connectivity index (χ0) is 13.5. The fraction of sp³-hybridized carbons (Fsp3) is 0.600. The lowest BCUT2D eigenvalue weighted by Gasteiger charge is -2.26. The lowest BCUT2D eigenvalue weighted by atomic mass is 10.0. The van der Waals surface area contributed by atoms with E-state index in [9.17, 15) is 4.39 Å². The molecule has 1 aliphatic rings. The Labute approximate surface area is 118 Å². The van der Waals surface area contributed by atoms with E-state index >= 15 is 0 Å². The topological polar surface area (TPSA) is 32.3 Å². The zero-order valence-corrected chi connectivity index (χ0v) is 12.0. The fourth-order valence-electron chi connectivity index (χ4n) is 2.47. The average Bonchev–Trinajstić information content (AvgIpc) is 2.43. The van der Waals surface area contributed by atoms with Gasteiger partial charge in [0.05, 0.1) is 0 Å². The zero-order valence-electron chi connectivity index (χ0n) is 11.2. The lowest BCUT2D eigenvalue weighted by Crippen LogP contribution is -2.25. The Hall–Kier alpha value is -0.580. The van der Waals surface area contributed by atoms with Crippen LogP contribution in [0.15, 0.2) is 23.1 Å². The van der Waals surface area contributed by atoms with Gasteiger partial charge in [-0.1, -0.05) is 25.0 Å². The van der Waals surface area contributed by atoms with Gasteiger partial charge in [-0.15, -0.1) is 11.8 Å². The number of hydrogen-bond acceptors (Lipinski definition) is 3. The number of aliphatic hydroxyl groups is 1. The van der Waals surface area contributed by atoms with Crippen molar-refractivity contribution in [2.75, 3.05) is 18.9 Å². The number of nitrogens with one attached hydrogen (secondary N) is 1. The van der Waals surface area contributed by atoms with E-state index in [1.54, 1.807) is 23.9 Å². The Kier molecular flexibility index (Phi) is 6.14. The quantitative estimate of drug-likeness (QED) is 0.751. The molecule has 4 heteroatoms. The van der Waals surface area contributed by atoms with Gasteiger partial charge in [-0.2, -0.15) is 0 Å². The molecular weight excluding hydrogens is 261 g/mol. The summed E-state index contributed by atoms with van der Waals surface area (Å²) < 4.78 is 13.7. The SMILES string of the molecule is OCCCCCCNC1CCSc2c(F)cccc21. The number of benzene rings is 1. The molecule has 0 amide bonds. The first-order valence-electron chi connectivity index (χ1n) is 7.08. The van der Waals surface area contributed by atoms with Crippen LogP contribution in [0.2, 0.25) is 0 Å². The van der Waals surface area contributed by atoms with E-state index in [4.69, 9.17) is 5.11 Å². The van der Waals surface area contributed by atoms with Gasteiger partial charge in [0, 0.05) is 17.5 Å². The Morgan fingerprint density at radius 2 is 2.11 bits per heavy atom. The van der Waals surface area contributed by atoms with Crippen LogP contribution in [0.25, 0.3) is 0 Å². The molecule has 1 aliphatic heterocycles. The van der Waals surface area contributed by atoms with Gasteiger partial charge in [-0.05, 0) is 43.2 Å². The van der Waals surface area contributed by atoms with E-state index in [-0.39, 0.29) is 5.82 Å². The summed E-state index contributed by atoms with van der Waals surface area (Å²) >= 11 is 1.63. The number of hydrogen-bond donors (Lipinski definition) is 2. The molecule has 0 radical (unpaired) electrons. The number of halogens is 1. The van der Waals surface area contributed by atoms with Crippen LogP contribution in [0.3, 0.4) is 0 Å². The maximum atomic E-state index is 13.7. The number of rotatable bonds is 7. The predicted octanol–water partition coefficient (Wildman–Crippen LogP) is 3.50. The van der Waals surface area contributed by atoms with E-state index in [0.29, 0.717) is 12.6 Å². The summed E-state index contributed by atoms with van der Waals surface area (Å²) in [5.74, 6) is 0.896. The number of aliphatic hydroxyl groups excluding tert-OH is 1. The number of thioether (sulfide) groups is 1. The van der Waals surface area contributed by atoms with Crippen LogP contribution in [0.5, 0.6) is 0 Å². The van der Waals surface area contributed by atoms with Crippen LogP contribution >= 0.6 is 11.8 Å². The van der Waals surface area contributed by atoms with Crippen molar-refractivity contribution in [3.05, 3.63) is 29.6 Å². The van der Waals surface area contributed by atoms with Crippen LogP contribution in [0.1, 0.15) is 43.7 Å². The molecule has 0 aliphatic carbocycles. The van der Waals surface area contributed by atoms with Gasteiger partial charge < -0.3 is 10.4 Å². The fourth-order valence-corrected chi connectivity index (χ4v) is 3.61. The van der Waals surface area contributed by atoms with Gasteiger partial charge in [0.1, 0.15) is 5.82 Å². The van der Waals surface area contributed by atoms with Crippen LogP contribution in [-0.2, 0) is 0 Å². The molecule has 2 nitrogen and oxygen atoms in total. The van der Waals surface area contributed by atoms with Crippen molar-refractivity contribution in [2.24, 2.45) is 0 Å². The van der Waals surface area contributed by atoms with Crippen molar-refractivity contribution in [1.82, 2.24) is 5.32 Å². The second-order valence-electron chi connectivity index (χ2n) is 4.94. The first-order chi connectivity index (χ1) is 9.33. The molecule has 1 unspecified atom stereocenters. The third-order valence-electron chi connectivity index (χ3n) is 3.50. The summed E-state index contributed by atoms with van der Waals surface area (Å²) in [6.07, 6.45) is 5.31. The molecule has 1 aromatic carbocycles. The highest BCUT2D eigenvalue weighted by atomic mass is 32.2. The van der Waals surface area contributed by atoms with Crippen molar-refractivity contribution in [3.63, 3.8) is 0 Å². The van der Waals surface area contributed by atoms with Gasteiger partial charge >= 0.3 is 0 Å². The largest absolute Gasteiger partial charge is 0.396 e. The van der Waals surface area contributed by atoms with Crippen molar-refractivity contribution in [1.29, 1.82) is 0 Å². The van der Waals surface area contributed by atoms with Crippen LogP contribution < -0.4 is 5.32 Å². The third kappa shape index (κ3) is 4.20. The molecule has 1 aromatic rings. The van der Waals surface area contributed by atoms with E-state index < -0.39 is 0 Å². The molecule has 1 atom stereocenters. The molecule has 0 fully saturated rings. The second-order valence-corrected chi connectivity index (χ2v) is 6.05. The third-order valence-corrected chi connectivity index (χ3v) is 4.66. The van der Waals surface area contributed by atoms with Gasteiger partial charge in [0.2, 0.25) is 0 Å². The predicted molar refractivity (Wildman–Crippen MR) is 78.0 cm³/mol. The molecule has 106 valence electrons.